The van der Waals surface area contributed by atoms with Crippen LogP contribution in [0, 0.1) is 13.8 Å². The second-order valence-electron chi connectivity index (χ2n) is 5.71. The highest BCUT2D eigenvalue weighted by molar-refractivity contribution is 8.00. The number of carbonyl (C=O) groups excluding carboxylic acids is 1. The molecule has 2 heterocycles. The molecule has 0 saturated heterocycles. The first-order valence-corrected chi connectivity index (χ1v) is 9.61. The molecule has 3 N–H and O–H groups in total. The van der Waals surface area contributed by atoms with E-state index in [2.05, 4.69) is 9.97 Å². The highest BCUT2D eigenvalue weighted by atomic mass is 35.5. The lowest BCUT2D eigenvalue weighted by Crippen LogP contribution is -2.23. The monoisotopic (exact) mass is 393 g/mol. The molecule has 0 aliphatic carbocycles. The molecule has 2 aromatic heterocycles. The summed E-state index contributed by atoms with van der Waals surface area (Å²) < 4.78 is 0. The van der Waals surface area contributed by atoms with Crippen molar-refractivity contribution < 1.29 is 4.79 Å². The van der Waals surface area contributed by atoms with E-state index in [0.717, 1.165) is 33.3 Å². The summed E-state index contributed by atoms with van der Waals surface area (Å²) in [5, 5.41) is 1.16. The van der Waals surface area contributed by atoms with E-state index in [4.69, 9.17) is 17.3 Å². The molecule has 1 amide bonds. The van der Waals surface area contributed by atoms with E-state index in [9.17, 15) is 9.59 Å². The molecule has 0 spiro atoms. The molecule has 1 unspecified atom stereocenters. The number of halogens is 1. The number of aryl methyl sites for hydroxylation is 2. The van der Waals surface area contributed by atoms with Crippen molar-refractivity contribution in [1.82, 2.24) is 9.97 Å². The van der Waals surface area contributed by atoms with Crippen LogP contribution in [-0.2, 0) is 4.79 Å². The maximum Gasteiger partial charge on any atom is 0.260 e. The van der Waals surface area contributed by atoms with E-state index in [1.165, 1.54) is 11.3 Å². The van der Waals surface area contributed by atoms with Gasteiger partial charge in [-0.2, -0.15) is 0 Å². The molecule has 0 bridgehead atoms. The second-order valence-corrected chi connectivity index (χ2v) is 8.65. The topological polar surface area (TPSA) is 88.8 Å². The smallest absolute Gasteiger partial charge is 0.260 e. The van der Waals surface area contributed by atoms with Gasteiger partial charge in [0.15, 0.2) is 5.16 Å². The SMILES string of the molecule is Cc1cc(-c2c(C)sc3nc(SC(C)C(N)=O)[nH]c(=O)c23)ccc1Cl. The minimum Gasteiger partial charge on any atom is -0.369 e. The van der Waals surface area contributed by atoms with Crippen LogP contribution in [0.4, 0.5) is 0 Å². The van der Waals surface area contributed by atoms with Crippen molar-refractivity contribution in [3.63, 3.8) is 0 Å². The average Bonchev–Trinajstić information content (AvgIpc) is 2.86. The largest absolute Gasteiger partial charge is 0.369 e. The number of fused-ring (bicyclic) bond motifs is 1. The minimum atomic E-state index is -0.472. The Morgan fingerprint density at radius 3 is 2.76 bits per heavy atom. The number of nitrogens with two attached hydrogens (primary N) is 1. The third kappa shape index (κ3) is 3.44. The molecule has 0 saturated carbocycles. The maximum atomic E-state index is 12.7. The van der Waals surface area contributed by atoms with Gasteiger partial charge in [-0.1, -0.05) is 29.4 Å². The lowest BCUT2D eigenvalue weighted by molar-refractivity contribution is -0.117. The molecule has 3 aromatic rings. The number of carbonyl (C=O) groups is 1. The van der Waals surface area contributed by atoms with Crippen LogP contribution in [0.1, 0.15) is 17.4 Å². The first kappa shape index (κ1) is 18.0. The summed E-state index contributed by atoms with van der Waals surface area (Å²) in [5.41, 5.74) is 7.80. The molecule has 1 atom stereocenters. The zero-order chi connectivity index (χ0) is 18.3. The average molecular weight is 394 g/mol. The number of thioether (sulfide) groups is 1. The number of rotatable bonds is 4. The second kappa shape index (κ2) is 6.82. The van der Waals surface area contributed by atoms with Crippen LogP contribution in [0.3, 0.4) is 0 Å². The number of hydrogen-bond acceptors (Lipinski definition) is 5. The summed E-state index contributed by atoms with van der Waals surface area (Å²) in [6.45, 7) is 5.57. The number of nitrogens with one attached hydrogen (secondary N) is 1. The highest BCUT2D eigenvalue weighted by Gasteiger charge is 2.19. The summed E-state index contributed by atoms with van der Waals surface area (Å²) in [4.78, 5) is 32.8. The Morgan fingerprint density at radius 2 is 2.12 bits per heavy atom. The fraction of sp³-hybridized carbons (Fsp3) is 0.235. The first-order chi connectivity index (χ1) is 11.8. The zero-order valence-corrected chi connectivity index (χ0v) is 16.2. The fourth-order valence-corrected chi connectivity index (χ4v) is 4.50. The molecule has 0 fully saturated rings. The van der Waals surface area contributed by atoms with E-state index in [1.807, 2.05) is 32.0 Å². The Hall–Kier alpha value is -1.83. The summed E-state index contributed by atoms with van der Waals surface area (Å²) in [7, 11) is 0. The van der Waals surface area contributed by atoms with Gasteiger partial charge in [-0.3, -0.25) is 9.59 Å². The van der Waals surface area contributed by atoms with Crippen molar-refractivity contribution in [2.75, 3.05) is 0 Å². The van der Waals surface area contributed by atoms with E-state index < -0.39 is 11.2 Å². The van der Waals surface area contributed by atoms with Gasteiger partial charge in [-0.05, 0) is 44.0 Å². The van der Waals surface area contributed by atoms with Crippen LogP contribution in [0.2, 0.25) is 5.02 Å². The van der Waals surface area contributed by atoms with Gasteiger partial charge >= 0.3 is 0 Å². The van der Waals surface area contributed by atoms with Crippen molar-refractivity contribution >= 4 is 50.8 Å². The number of benzene rings is 1. The van der Waals surface area contributed by atoms with Crippen molar-refractivity contribution in [3.05, 3.63) is 44.0 Å². The number of nitrogens with zero attached hydrogens (tertiary/aromatic N) is 1. The molecular formula is C17H16ClN3O2S2. The molecule has 0 radical (unpaired) electrons. The van der Waals surface area contributed by atoms with Crippen LogP contribution in [0.15, 0.2) is 28.2 Å². The van der Waals surface area contributed by atoms with Crippen LogP contribution >= 0.6 is 34.7 Å². The van der Waals surface area contributed by atoms with Gasteiger partial charge in [0.2, 0.25) is 5.91 Å². The van der Waals surface area contributed by atoms with E-state index in [-0.39, 0.29) is 5.56 Å². The summed E-state index contributed by atoms with van der Waals surface area (Å²) >= 11 is 8.71. The summed E-state index contributed by atoms with van der Waals surface area (Å²) in [5.74, 6) is -0.451. The van der Waals surface area contributed by atoms with Crippen LogP contribution in [0.25, 0.3) is 21.3 Å². The Bertz CT molecular complexity index is 1040. The zero-order valence-electron chi connectivity index (χ0n) is 13.8. The Morgan fingerprint density at radius 1 is 1.40 bits per heavy atom. The van der Waals surface area contributed by atoms with Crippen LogP contribution < -0.4 is 11.3 Å². The lowest BCUT2D eigenvalue weighted by atomic mass is 10.0. The molecule has 5 nitrogen and oxygen atoms in total. The van der Waals surface area contributed by atoms with Crippen LogP contribution in [-0.4, -0.2) is 21.1 Å². The minimum absolute atomic E-state index is 0.226. The van der Waals surface area contributed by atoms with Crippen molar-refractivity contribution in [1.29, 1.82) is 0 Å². The fourth-order valence-electron chi connectivity index (χ4n) is 2.53. The number of hydrogen-bond donors (Lipinski definition) is 2. The van der Waals surface area contributed by atoms with E-state index >= 15 is 0 Å². The molecular weight excluding hydrogens is 378 g/mol. The van der Waals surface area contributed by atoms with Gasteiger partial charge in [0.05, 0.1) is 10.6 Å². The highest BCUT2D eigenvalue weighted by Crippen LogP contribution is 2.37. The van der Waals surface area contributed by atoms with Crippen molar-refractivity contribution in [2.45, 2.75) is 31.2 Å². The van der Waals surface area contributed by atoms with Gasteiger partial charge < -0.3 is 10.7 Å². The number of H-pyrrole nitrogens is 1. The molecule has 25 heavy (non-hydrogen) atoms. The van der Waals surface area contributed by atoms with E-state index in [0.29, 0.717) is 20.4 Å². The lowest BCUT2D eigenvalue weighted by Gasteiger charge is -2.07. The van der Waals surface area contributed by atoms with Crippen molar-refractivity contribution in [2.24, 2.45) is 5.73 Å². The summed E-state index contributed by atoms with van der Waals surface area (Å²) in [6.07, 6.45) is 0. The van der Waals surface area contributed by atoms with Gasteiger partial charge in [0, 0.05) is 15.5 Å². The predicted octanol–water partition coefficient (Wildman–Crippen LogP) is 3.89. The maximum absolute atomic E-state index is 12.7. The number of aromatic nitrogens is 2. The number of amides is 1. The third-order valence-corrected chi connectivity index (χ3v) is 6.28. The number of aromatic amines is 1. The molecule has 8 heteroatoms. The number of thiophene rings is 1. The van der Waals surface area contributed by atoms with Gasteiger partial charge in [0.25, 0.3) is 5.56 Å². The molecule has 3 rings (SSSR count). The summed E-state index contributed by atoms with van der Waals surface area (Å²) in [6, 6.07) is 5.70. The van der Waals surface area contributed by atoms with Gasteiger partial charge in [-0.25, -0.2) is 4.98 Å². The third-order valence-electron chi connectivity index (χ3n) is 3.85. The quantitative estimate of drug-likeness (QED) is 0.519. The van der Waals surface area contributed by atoms with E-state index in [1.54, 1.807) is 6.92 Å². The normalized spacial score (nSPS) is 12.5. The van der Waals surface area contributed by atoms with Gasteiger partial charge in [-0.15, -0.1) is 11.3 Å². The standard InChI is InChI=1S/C17H16ClN3O2S2/c1-7-6-10(4-5-11(7)18)12-8(2)24-16-13(12)15(23)20-17(21-16)25-9(3)14(19)22/h4-6,9H,1-3H3,(H2,19,22)(H,20,21,23). The Labute approximate surface area is 157 Å². The molecule has 0 aliphatic heterocycles. The van der Waals surface area contributed by atoms with Crippen molar-refractivity contribution in [3.8, 4) is 11.1 Å². The first-order valence-electron chi connectivity index (χ1n) is 7.54. The number of primary amides is 1. The molecule has 1 aromatic carbocycles. The predicted molar refractivity (Wildman–Crippen MR) is 105 cm³/mol. The molecule has 130 valence electrons. The Kier molecular flexibility index (Phi) is 4.90. The van der Waals surface area contributed by atoms with Crippen LogP contribution in [0.5, 0.6) is 0 Å². The molecule has 0 aliphatic rings. The van der Waals surface area contributed by atoms with Gasteiger partial charge in [0.1, 0.15) is 4.83 Å². The Balaban J connectivity index is 2.16.